The minimum absolute atomic E-state index is 0.118. The van der Waals surface area contributed by atoms with Gasteiger partial charge < -0.3 is 20.1 Å². The van der Waals surface area contributed by atoms with Crippen molar-refractivity contribution < 1.29 is 19.2 Å². The number of aromatic nitrogens is 1. The number of carbonyl (C=O) groups excluding carboxylic acids is 1. The van der Waals surface area contributed by atoms with Crippen LogP contribution in [0.2, 0.25) is 0 Å². The van der Waals surface area contributed by atoms with E-state index in [1.807, 2.05) is 0 Å². The zero-order valence-electron chi connectivity index (χ0n) is 16.6. The zero-order chi connectivity index (χ0) is 21.0. The van der Waals surface area contributed by atoms with E-state index >= 15 is 0 Å². The molecule has 1 aliphatic carbocycles. The molecular formula is C20H24N4O5. The van der Waals surface area contributed by atoms with Crippen molar-refractivity contribution in [2.24, 2.45) is 0 Å². The maximum Gasteiger partial charge on any atom is 0.407 e. The molecule has 0 saturated heterocycles. The van der Waals surface area contributed by atoms with Crippen LogP contribution in [0.1, 0.15) is 39.2 Å². The predicted octanol–water partition coefficient (Wildman–Crippen LogP) is 4.30. The molecule has 0 unspecified atom stereocenters. The van der Waals surface area contributed by atoms with Crippen molar-refractivity contribution in [1.82, 2.24) is 10.3 Å². The lowest BCUT2D eigenvalue weighted by Crippen LogP contribution is -2.32. The first-order valence-corrected chi connectivity index (χ1v) is 9.34. The fourth-order valence-electron chi connectivity index (χ4n) is 2.43. The van der Waals surface area contributed by atoms with Crippen LogP contribution in [0.15, 0.2) is 36.4 Å². The van der Waals surface area contributed by atoms with E-state index in [1.165, 1.54) is 12.1 Å². The number of pyridine rings is 1. The highest BCUT2D eigenvalue weighted by molar-refractivity contribution is 5.68. The minimum atomic E-state index is -0.558. The molecule has 0 aliphatic heterocycles. The molecule has 1 heterocycles. The second-order valence-corrected chi connectivity index (χ2v) is 7.77. The summed E-state index contributed by atoms with van der Waals surface area (Å²) < 4.78 is 10.8. The third kappa shape index (κ3) is 6.34. The van der Waals surface area contributed by atoms with Crippen LogP contribution in [-0.4, -0.2) is 27.7 Å². The van der Waals surface area contributed by atoms with Crippen LogP contribution in [0.25, 0.3) is 0 Å². The molecule has 1 aromatic carbocycles. The van der Waals surface area contributed by atoms with Crippen LogP contribution < -0.4 is 15.4 Å². The fraction of sp³-hybridized carbons (Fsp3) is 0.400. The van der Waals surface area contributed by atoms with Crippen LogP contribution in [0.4, 0.5) is 22.0 Å². The molecule has 1 fully saturated rings. The number of nitrogens with zero attached hydrogens (tertiary/aromatic N) is 2. The molecule has 0 bridgehead atoms. The Morgan fingerprint density at radius 1 is 1.21 bits per heavy atom. The molecule has 9 heteroatoms. The first-order chi connectivity index (χ1) is 13.7. The lowest BCUT2D eigenvalue weighted by Gasteiger charge is -2.19. The van der Waals surface area contributed by atoms with Gasteiger partial charge in [-0.15, -0.1) is 0 Å². The maximum absolute atomic E-state index is 11.7. The molecule has 1 aromatic heterocycles. The molecular weight excluding hydrogens is 376 g/mol. The van der Waals surface area contributed by atoms with Gasteiger partial charge in [-0.2, -0.15) is 4.98 Å². The highest BCUT2D eigenvalue weighted by Gasteiger charge is 2.25. The highest BCUT2D eigenvalue weighted by Crippen LogP contribution is 2.31. The van der Waals surface area contributed by atoms with Crippen LogP contribution in [-0.2, 0) is 11.3 Å². The number of nitrogens with one attached hydrogen (secondary N) is 2. The van der Waals surface area contributed by atoms with Gasteiger partial charge in [0.1, 0.15) is 11.7 Å². The van der Waals surface area contributed by atoms with Crippen molar-refractivity contribution in [2.45, 2.75) is 51.9 Å². The fourth-order valence-corrected chi connectivity index (χ4v) is 2.43. The summed E-state index contributed by atoms with van der Waals surface area (Å²) in [5, 5.41) is 16.9. The molecule has 1 saturated carbocycles. The summed E-state index contributed by atoms with van der Waals surface area (Å²) in [5.74, 6) is 0.478. The van der Waals surface area contributed by atoms with Crippen LogP contribution in [0.3, 0.4) is 0 Å². The topological polar surface area (TPSA) is 116 Å². The Bertz CT molecular complexity index is 889. The normalized spacial score (nSPS) is 13.5. The van der Waals surface area contributed by atoms with Crippen molar-refractivity contribution in [1.29, 1.82) is 0 Å². The number of ether oxygens (including phenoxy) is 2. The quantitative estimate of drug-likeness (QED) is 0.526. The first-order valence-electron chi connectivity index (χ1n) is 9.34. The molecule has 3 rings (SSSR count). The number of nitro groups is 1. The Morgan fingerprint density at radius 3 is 2.48 bits per heavy atom. The van der Waals surface area contributed by atoms with Crippen molar-refractivity contribution >= 4 is 23.3 Å². The van der Waals surface area contributed by atoms with Crippen molar-refractivity contribution in [3.63, 3.8) is 0 Å². The second kappa shape index (κ2) is 8.34. The van der Waals surface area contributed by atoms with E-state index in [-0.39, 0.29) is 17.6 Å². The molecule has 9 nitrogen and oxygen atoms in total. The summed E-state index contributed by atoms with van der Waals surface area (Å²) in [5.41, 5.74) is 0.792. The Kier molecular flexibility index (Phi) is 5.86. The lowest BCUT2D eigenvalue weighted by molar-refractivity contribution is -0.384. The van der Waals surface area contributed by atoms with Gasteiger partial charge in [0.2, 0.25) is 11.7 Å². The van der Waals surface area contributed by atoms with Gasteiger partial charge >= 0.3 is 11.8 Å². The minimum Gasteiger partial charge on any atom is -0.474 e. The van der Waals surface area contributed by atoms with Crippen LogP contribution in [0, 0.1) is 10.1 Å². The van der Waals surface area contributed by atoms with E-state index in [2.05, 4.69) is 15.6 Å². The molecule has 1 aliphatic rings. The Morgan fingerprint density at radius 2 is 1.90 bits per heavy atom. The van der Waals surface area contributed by atoms with Gasteiger partial charge in [0.25, 0.3) is 0 Å². The first kappa shape index (κ1) is 20.4. The maximum atomic E-state index is 11.7. The van der Waals surface area contributed by atoms with E-state index in [0.29, 0.717) is 18.1 Å². The van der Waals surface area contributed by atoms with Gasteiger partial charge in [0.05, 0.1) is 4.92 Å². The molecule has 0 atom stereocenters. The van der Waals surface area contributed by atoms with Gasteiger partial charge in [-0.05, 0) is 51.3 Å². The number of hydrogen-bond acceptors (Lipinski definition) is 7. The van der Waals surface area contributed by atoms with Crippen molar-refractivity contribution in [3.05, 3.63) is 52.1 Å². The van der Waals surface area contributed by atoms with E-state index in [9.17, 15) is 14.9 Å². The number of hydrogen-bond donors (Lipinski definition) is 2. The molecule has 2 N–H and O–H groups in total. The van der Waals surface area contributed by atoms with Crippen LogP contribution in [0.5, 0.6) is 5.88 Å². The molecule has 0 spiro atoms. The Hall–Kier alpha value is -3.36. The van der Waals surface area contributed by atoms with E-state index < -0.39 is 16.6 Å². The average Bonchev–Trinajstić information content (AvgIpc) is 3.44. The van der Waals surface area contributed by atoms with E-state index in [4.69, 9.17) is 9.47 Å². The number of amides is 1. The van der Waals surface area contributed by atoms with Crippen molar-refractivity contribution in [3.8, 4) is 5.88 Å². The standard InChI is InChI=1S/C20H24N4O5/c1-20(2,3)29-19(25)21-12-13-4-6-14(7-5-13)22-18-16(24(26)27)10-11-17(23-18)28-15-8-9-15/h4-7,10-11,15H,8-9,12H2,1-3H3,(H,21,25)(H,22,23). The van der Waals surface area contributed by atoms with Crippen LogP contribution >= 0.6 is 0 Å². The molecule has 154 valence electrons. The van der Waals surface area contributed by atoms with Gasteiger partial charge in [-0.1, -0.05) is 12.1 Å². The zero-order valence-corrected chi connectivity index (χ0v) is 16.6. The van der Waals surface area contributed by atoms with Gasteiger partial charge in [-0.25, -0.2) is 4.79 Å². The summed E-state index contributed by atoms with van der Waals surface area (Å²) in [6.07, 6.45) is 1.60. The van der Waals surface area contributed by atoms with Gasteiger partial charge in [0.15, 0.2) is 0 Å². The lowest BCUT2D eigenvalue weighted by atomic mass is 10.2. The highest BCUT2D eigenvalue weighted by atomic mass is 16.6. The summed E-state index contributed by atoms with van der Waals surface area (Å²) >= 11 is 0. The Labute approximate surface area is 168 Å². The van der Waals surface area contributed by atoms with E-state index in [1.54, 1.807) is 45.0 Å². The van der Waals surface area contributed by atoms with Gasteiger partial charge in [0, 0.05) is 24.4 Å². The summed E-state index contributed by atoms with van der Waals surface area (Å²) in [6.45, 7) is 5.69. The second-order valence-electron chi connectivity index (χ2n) is 7.77. The summed E-state index contributed by atoms with van der Waals surface area (Å²) in [7, 11) is 0. The number of anilines is 2. The molecule has 1 amide bonds. The third-order valence-corrected chi connectivity index (χ3v) is 3.91. The third-order valence-electron chi connectivity index (χ3n) is 3.91. The summed E-state index contributed by atoms with van der Waals surface area (Å²) in [6, 6.07) is 10.0. The monoisotopic (exact) mass is 400 g/mol. The summed E-state index contributed by atoms with van der Waals surface area (Å²) in [4.78, 5) is 26.8. The number of alkyl carbamates (subject to hydrolysis) is 1. The number of benzene rings is 1. The van der Waals surface area contributed by atoms with E-state index in [0.717, 1.165) is 18.4 Å². The molecule has 0 radical (unpaired) electrons. The largest absolute Gasteiger partial charge is 0.474 e. The molecule has 2 aromatic rings. The smallest absolute Gasteiger partial charge is 0.407 e. The average molecular weight is 400 g/mol. The van der Waals surface area contributed by atoms with Crippen molar-refractivity contribution in [2.75, 3.05) is 5.32 Å². The number of rotatable bonds is 7. The predicted molar refractivity (Wildman–Crippen MR) is 107 cm³/mol. The SMILES string of the molecule is CC(C)(C)OC(=O)NCc1ccc(Nc2nc(OC3CC3)ccc2[N+](=O)[O-])cc1. The number of carbonyl (C=O) groups is 1. The molecule has 29 heavy (non-hydrogen) atoms. The van der Waals surface area contributed by atoms with Gasteiger partial charge in [-0.3, -0.25) is 10.1 Å². The Balaban J connectivity index is 1.64.